The van der Waals surface area contributed by atoms with E-state index < -0.39 is 0 Å². The standard InChI is InChI=1S/C24H24N6O3S/c1-26-9-15(8-25)14-5-18-23(19(6-14)33-21-11-32-10-20(21)31-2)24(28-12-27-18)30-16-3-4-17-22(7-16)34-13-29-17/h3-9,12-13,20-21,25-26H,10-11H2,1-2H3,(H,27,28,30)/p+1/b15-9+,25-8?/t20-,21-/m1/s1. The summed E-state index contributed by atoms with van der Waals surface area (Å²) in [7, 11) is 3.58. The van der Waals surface area contributed by atoms with E-state index in [0.717, 1.165) is 32.4 Å². The number of methoxy groups -OCH3 is 1. The SMILES string of the molecule is C[NH2+]/C=C(\C=N)c1cc(O[C@@H]2COC[C@H]2OC)c2c(Nc3ccc4ncsc4c3)ncnc2c1. The van der Waals surface area contributed by atoms with Gasteiger partial charge in [0.1, 0.15) is 30.2 Å². The maximum atomic E-state index is 7.87. The monoisotopic (exact) mass is 477 g/mol. The Morgan fingerprint density at radius 3 is 2.88 bits per heavy atom. The summed E-state index contributed by atoms with van der Waals surface area (Å²) in [6.45, 7) is 0.907. The molecule has 1 aliphatic heterocycles. The van der Waals surface area contributed by atoms with Crippen LogP contribution in [-0.2, 0) is 9.47 Å². The van der Waals surface area contributed by atoms with Gasteiger partial charge in [0.05, 0.1) is 52.5 Å². The predicted molar refractivity (Wildman–Crippen MR) is 133 cm³/mol. The average molecular weight is 478 g/mol. The van der Waals surface area contributed by atoms with Gasteiger partial charge in [0.2, 0.25) is 0 Å². The molecular weight excluding hydrogens is 452 g/mol. The first-order chi connectivity index (χ1) is 16.7. The molecule has 4 aromatic rings. The second kappa shape index (κ2) is 9.82. The fourth-order valence-electron chi connectivity index (χ4n) is 3.99. The Morgan fingerprint density at radius 2 is 2.06 bits per heavy atom. The van der Waals surface area contributed by atoms with Crippen LogP contribution in [0.4, 0.5) is 11.5 Å². The molecule has 2 aromatic carbocycles. The first-order valence-electron chi connectivity index (χ1n) is 10.9. The number of hydrogen-bond donors (Lipinski definition) is 3. The van der Waals surface area contributed by atoms with Crippen molar-refractivity contribution < 1.29 is 19.5 Å². The van der Waals surface area contributed by atoms with Gasteiger partial charge in [-0.1, -0.05) is 0 Å². The normalized spacial score (nSPS) is 18.5. The summed E-state index contributed by atoms with van der Waals surface area (Å²) in [6, 6.07) is 9.88. The highest BCUT2D eigenvalue weighted by Gasteiger charge is 2.31. The Balaban J connectivity index is 1.62. The summed E-state index contributed by atoms with van der Waals surface area (Å²) in [5.41, 5.74) is 5.98. The van der Waals surface area contributed by atoms with Crippen LogP contribution in [0.25, 0.3) is 26.7 Å². The zero-order valence-corrected chi connectivity index (χ0v) is 19.6. The first kappa shape index (κ1) is 22.4. The summed E-state index contributed by atoms with van der Waals surface area (Å²) in [6.07, 6.45) is 4.30. The van der Waals surface area contributed by atoms with Gasteiger partial charge < -0.3 is 30.3 Å². The van der Waals surface area contributed by atoms with E-state index in [1.807, 2.05) is 48.3 Å². The zero-order valence-electron chi connectivity index (χ0n) is 18.8. The maximum Gasteiger partial charge on any atom is 0.150 e. The number of quaternary nitrogens is 1. The van der Waals surface area contributed by atoms with Gasteiger partial charge in [-0.2, -0.15) is 0 Å². The highest BCUT2D eigenvalue weighted by molar-refractivity contribution is 7.16. The topological polar surface area (TPSA) is 119 Å². The third-order valence-corrected chi connectivity index (χ3v) is 6.48. The Labute approximate surface area is 200 Å². The summed E-state index contributed by atoms with van der Waals surface area (Å²) in [4.78, 5) is 13.4. The fourth-order valence-corrected chi connectivity index (χ4v) is 4.71. The van der Waals surface area contributed by atoms with E-state index in [1.165, 1.54) is 12.5 Å². The molecule has 4 N–H and O–H groups in total. The van der Waals surface area contributed by atoms with Gasteiger partial charge in [-0.05, 0) is 35.9 Å². The molecule has 0 bridgehead atoms. The minimum absolute atomic E-state index is 0.171. The average Bonchev–Trinajstić information content (AvgIpc) is 3.51. The number of anilines is 2. The van der Waals surface area contributed by atoms with Crippen molar-refractivity contribution in [1.82, 2.24) is 15.0 Å². The molecule has 2 aromatic heterocycles. The second-order valence-corrected chi connectivity index (χ2v) is 8.70. The minimum atomic E-state index is -0.268. The third-order valence-electron chi connectivity index (χ3n) is 5.69. The van der Waals surface area contributed by atoms with Crippen LogP contribution in [0, 0.1) is 5.41 Å². The lowest BCUT2D eigenvalue weighted by molar-refractivity contribution is -0.555. The van der Waals surface area contributed by atoms with Crippen molar-refractivity contribution in [2.24, 2.45) is 0 Å². The number of benzene rings is 2. The third kappa shape index (κ3) is 4.36. The molecule has 34 heavy (non-hydrogen) atoms. The molecule has 1 saturated heterocycles. The molecule has 5 rings (SSSR count). The van der Waals surface area contributed by atoms with E-state index in [2.05, 4.69) is 26.3 Å². The lowest BCUT2D eigenvalue weighted by Crippen LogP contribution is -2.72. The van der Waals surface area contributed by atoms with Crippen molar-refractivity contribution in [3.8, 4) is 5.75 Å². The molecule has 0 unspecified atom stereocenters. The number of thiazole rings is 1. The lowest BCUT2D eigenvalue weighted by atomic mass is 10.0. The number of nitrogens with one attached hydrogen (secondary N) is 2. The molecule has 2 atom stereocenters. The van der Waals surface area contributed by atoms with Gasteiger partial charge in [-0.15, -0.1) is 11.3 Å². The molecule has 0 spiro atoms. The number of nitrogens with two attached hydrogens (primary N) is 1. The molecule has 0 radical (unpaired) electrons. The minimum Gasteiger partial charge on any atom is -0.484 e. The van der Waals surface area contributed by atoms with Crippen LogP contribution in [0.1, 0.15) is 5.56 Å². The van der Waals surface area contributed by atoms with Crippen molar-refractivity contribution in [3.63, 3.8) is 0 Å². The Bertz CT molecular complexity index is 1370. The molecule has 0 saturated carbocycles. The number of allylic oxidation sites excluding steroid dienone is 1. The van der Waals surface area contributed by atoms with Gasteiger partial charge in [-0.25, -0.2) is 15.0 Å². The fraction of sp³-hybridized carbons (Fsp3) is 0.250. The number of ether oxygens (including phenoxy) is 3. The van der Waals surface area contributed by atoms with Crippen LogP contribution in [0.5, 0.6) is 5.75 Å². The maximum absolute atomic E-state index is 7.87. The van der Waals surface area contributed by atoms with Crippen LogP contribution in [0.15, 0.2) is 48.4 Å². The van der Waals surface area contributed by atoms with Crippen LogP contribution >= 0.6 is 11.3 Å². The molecule has 1 aliphatic rings. The van der Waals surface area contributed by atoms with E-state index in [-0.39, 0.29) is 12.2 Å². The Kier molecular flexibility index (Phi) is 6.45. The highest BCUT2D eigenvalue weighted by atomic mass is 32.1. The van der Waals surface area contributed by atoms with Crippen LogP contribution in [-0.4, -0.2) is 60.7 Å². The molecule has 0 amide bonds. The van der Waals surface area contributed by atoms with Gasteiger partial charge in [0, 0.05) is 19.0 Å². The van der Waals surface area contributed by atoms with Gasteiger partial charge in [0.25, 0.3) is 0 Å². The number of fused-ring (bicyclic) bond motifs is 2. The van der Waals surface area contributed by atoms with E-state index in [0.29, 0.717) is 30.3 Å². The highest BCUT2D eigenvalue weighted by Crippen LogP contribution is 2.36. The van der Waals surface area contributed by atoms with Crippen molar-refractivity contribution in [1.29, 1.82) is 5.41 Å². The summed E-state index contributed by atoms with van der Waals surface area (Å²) >= 11 is 1.59. The largest absolute Gasteiger partial charge is 0.484 e. The van der Waals surface area contributed by atoms with Gasteiger partial charge >= 0.3 is 0 Å². The Hall–Kier alpha value is -3.44. The summed E-state index contributed by atoms with van der Waals surface area (Å²) < 4.78 is 18.7. The number of hydrogen-bond acceptors (Lipinski definition) is 9. The molecule has 0 aliphatic carbocycles. The number of nitrogens with zero attached hydrogens (tertiary/aromatic N) is 3. The van der Waals surface area contributed by atoms with Crippen molar-refractivity contribution in [2.45, 2.75) is 12.2 Å². The van der Waals surface area contributed by atoms with Crippen LogP contribution < -0.4 is 15.4 Å². The smallest absolute Gasteiger partial charge is 0.150 e. The van der Waals surface area contributed by atoms with Gasteiger partial charge in [0.15, 0.2) is 6.10 Å². The number of rotatable bonds is 8. The van der Waals surface area contributed by atoms with E-state index in [1.54, 1.807) is 18.4 Å². The number of aromatic nitrogens is 3. The quantitative estimate of drug-likeness (QED) is 0.334. The van der Waals surface area contributed by atoms with E-state index >= 15 is 0 Å². The predicted octanol–water partition coefficient (Wildman–Crippen LogP) is 2.96. The van der Waals surface area contributed by atoms with Crippen LogP contribution in [0.2, 0.25) is 0 Å². The van der Waals surface area contributed by atoms with Crippen LogP contribution in [0.3, 0.4) is 0 Å². The summed E-state index contributed by atoms with van der Waals surface area (Å²) in [5, 5.41) is 13.9. The molecule has 10 heteroatoms. The van der Waals surface area contributed by atoms with E-state index in [4.69, 9.17) is 19.6 Å². The molecule has 1 fully saturated rings. The molecular formula is C24H25N6O3S+. The van der Waals surface area contributed by atoms with Crippen molar-refractivity contribution >= 4 is 55.7 Å². The zero-order chi connectivity index (χ0) is 23.5. The summed E-state index contributed by atoms with van der Waals surface area (Å²) in [5.74, 6) is 1.24. The molecule has 9 nitrogen and oxygen atoms in total. The second-order valence-electron chi connectivity index (χ2n) is 7.82. The van der Waals surface area contributed by atoms with E-state index in [9.17, 15) is 0 Å². The lowest BCUT2D eigenvalue weighted by Gasteiger charge is -2.21. The van der Waals surface area contributed by atoms with Crippen molar-refractivity contribution in [3.05, 3.63) is 53.9 Å². The Morgan fingerprint density at radius 1 is 1.18 bits per heavy atom. The van der Waals surface area contributed by atoms with Crippen molar-refractivity contribution in [2.75, 3.05) is 32.7 Å². The molecule has 174 valence electrons. The van der Waals surface area contributed by atoms with Gasteiger partial charge in [-0.3, -0.25) is 0 Å². The first-order valence-corrected chi connectivity index (χ1v) is 11.7. The molecule has 3 heterocycles.